The molecule has 100 valence electrons. The lowest BCUT2D eigenvalue weighted by Crippen LogP contribution is -2.28. The fourth-order valence-corrected chi connectivity index (χ4v) is 1.47. The first kappa shape index (κ1) is 14.4. The first-order valence-corrected chi connectivity index (χ1v) is 5.54. The van der Waals surface area contributed by atoms with E-state index in [1.165, 1.54) is 13.2 Å². The van der Waals surface area contributed by atoms with E-state index in [-0.39, 0.29) is 24.4 Å². The molecular formula is C12H17FN2O3. The van der Waals surface area contributed by atoms with Crippen molar-refractivity contribution >= 4 is 11.6 Å². The lowest BCUT2D eigenvalue weighted by atomic mass is 10.2. The maximum absolute atomic E-state index is 13.0. The molecule has 0 aliphatic rings. The second-order valence-electron chi connectivity index (χ2n) is 3.93. The zero-order valence-corrected chi connectivity index (χ0v) is 10.1. The number of hydrogen-bond acceptors (Lipinski definition) is 4. The van der Waals surface area contributed by atoms with Crippen LogP contribution in [0.25, 0.3) is 0 Å². The van der Waals surface area contributed by atoms with Crippen molar-refractivity contribution in [2.45, 2.75) is 12.5 Å². The monoisotopic (exact) mass is 256 g/mol. The second kappa shape index (κ2) is 6.93. The van der Waals surface area contributed by atoms with E-state index in [0.29, 0.717) is 6.42 Å². The smallest absolute Gasteiger partial charge is 0.251 e. The van der Waals surface area contributed by atoms with E-state index in [1.54, 1.807) is 0 Å². The van der Waals surface area contributed by atoms with Crippen LogP contribution in [0.1, 0.15) is 16.8 Å². The van der Waals surface area contributed by atoms with Crippen molar-refractivity contribution in [1.29, 1.82) is 0 Å². The number of nitrogens with two attached hydrogens (primary N) is 1. The Labute approximate surface area is 105 Å². The quantitative estimate of drug-likeness (QED) is 0.648. The molecule has 0 fully saturated rings. The van der Waals surface area contributed by atoms with Gasteiger partial charge in [-0.2, -0.15) is 0 Å². The standard InChI is InChI=1S/C12H17FN2O3/c1-18-7-11(16)2-3-15-12(17)8-4-9(13)6-10(14)5-8/h4-6,11,16H,2-3,7,14H2,1H3,(H,15,17). The molecular weight excluding hydrogens is 239 g/mol. The topological polar surface area (TPSA) is 84.6 Å². The van der Waals surface area contributed by atoms with Crippen molar-refractivity contribution in [3.63, 3.8) is 0 Å². The lowest BCUT2D eigenvalue weighted by Gasteiger charge is -2.10. The number of rotatable bonds is 6. The molecule has 1 amide bonds. The Kier molecular flexibility index (Phi) is 5.54. The van der Waals surface area contributed by atoms with Gasteiger partial charge in [0.2, 0.25) is 0 Å². The third kappa shape index (κ3) is 4.68. The molecule has 0 bridgehead atoms. The van der Waals surface area contributed by atoms with E-state index in [4.69, 9.17) is 10.5 Å². The van der Waals surface area contributed by atoms with Gasteiger partial charge in [0, 0.05) is 24.9 Å². The summed E-state index contributed by atoms with van der Waals surface area (Å²) in [4.78, 5) is 11.6. The van der Waals surface area contributed by atoms with Crippen molar-refractivity contribution in [3.8, 4) is 0 Å². The molecule has 0 aliphatic heterocycles. The summed E-state index contributed by atoms with van der Waals surface area (Å²) in [6, 6.07) is 3.64. The molecule has 18 heavy (non-hydrogen) atoms. The van der Waals surface area contributed by atoms with Crippen molar-refractivity contribution in [2.75, 3.05) is 26.0 Å². The van der Waals surface area contributed by atoms with Crippen LogP contribution in [0.4, 0.5) is 10.1 Å². The van der Waals surface area contributed by atoms with Crippen LogP contribution in [0.15, 0.2) is 18.2 Å². The largest absolute Gasteiger partial charge is 0.399 e. The Morgan fingerprint density at radius 3 is 2.89 bits per heavy atom. The normalized spacial score (nSPS) is 12.2. The molecule has 0 saturated carbocycles. The van der Waals surface area contributed by atoms with Crippen LogP contribution in [-0.4, -0.2) is 37.4 Å². The molecule has 1 unspecified atom stereocenters. The van der Waals surface area contributed by atoms with E-state index in [2.05, 4.69) is 5.32 Å². The van der Waals surface area contributed by atoms with Gasteiger partial charge in [0.25, 0.3) is 5.91 Å². The number of halogens is 1. The number of nitrogens with one attached hydrogen (secondary N) is 1. The van der Waals surface area contributed by atoms with Gasteiger partial charge in [-0.05, 0) is 24.6 Å². The fourth-order valence-electron chi connectivity index (χ4n) is 1.47. The van der Waals surface area contributed by atoms with Gasteiger partial charge in [-0.3, -0.25) is 4.79 Å². The van der Waals surface area contributed by atoms with Gasteiger partial charge in [-0.1, -0.05) is 0 Å². The zero-order chi connectivity index (χ0) is 13.5. The second-order valence-corrected chi connectivity index (χ2v) is 3.93. The van der Waals surface area contributed by atoms with Crippen LogP contribution in [0.3, 0.4) is 0 Å². The summed E-state index contributed by atoms with van der Waals surface area (Å²) in [5.41, 5.74) is 5.79. The van der Waals surface area contributed by atoms with Crippen molar-refractivity contribution in [2.24, 2.45) is 0 Å². The summed E-state index contributed by atoms with van der Waals surface area (Å²) in [5, 5.41) is 11.9. The van der Waals surface area contributed by atoms with Crippen LogP contribution in [-0.2, 0) is 4.74 Å². The Morgan fingerprint density at radius 2 is 2.28 bits per heavy atom. The van der Waals surface area contributed by atoms with Gasteiger partial charge in [0.1, 0.15) is 5.82 Å². The summed E-state index contributed by atoms with van der Waals surface area (Å²) in [7, 11) is 1.48. The van der Waals surface area contributed by atoms with E-state index in [0.717, 1.165) is 12.1 Å². The van der Waals surface area contributed by atoms with E-state index < -0.39 is 17.8 Å². The highest BCUT2D eigenvalue weighted by Crippen LogP contribution is 2.10. The molecule has 1 aromatic carbocycles. The molecule has 1 rings (SSSR count). The maximum Gasteiger partial charge on any atom is 0.251 e. The number of aliphatic hydroxyl groups is 1. The van der Waals surface area contributed by atoms with Gasteiger partial charge in [-0.15, -0.1) is 0 Å². The van der Waals surface area contributed by atoms with Gasteiger partial charge < -0.3 is 20.9 Å². The first-order chi connectivity index (χ1) is 8.52. The number of carbonyl (C=O) groups excluding carboxylic acids is 1. The van der Waals surface area contributed by atoms with Crippen molar-refractivity contribution in [1.82, 2.24) is 5.32 Å². The third-order valence-corrected chi connectivity index (χ3v) is 2.30. The van der Waals surface area contributed by atoms with Crippen molar-refractivity contribution < 1.29 is 19.0 Å². The Morgan fingerprint density at radius 1 is 1.56 bits per heavy atom. The van der Waals surface area contributed by atoms with E-state index in [1.807, 2.05) is 0 Å². The molecule has 6 heteroatoms. The highest BCUT2D eigenvalue weighted by molar-refractivity contribution is 5.95. The molecule has 0 spiro atoms. The third-order valence-electron chi connectivity index (χ3n) is 2.30. The number of methoxy groups -OCH3 is 1. The Balaban J connectivity index is 2.45. The average Bonchev–Trinajstić information content (AvgIpc) is 2.27. The summed E-state index contributed by atoms with van der Waals surface area (Å²) in [6.45, 7) is 0.489. The van der Waals surface area contributed by atoms with Crippen LogP contribution in [0.2, 0.25) is 0 Å². The molecule has 0 saturated heterocycles. The van der Waals surface area contributed by atoms with Crippen LogP contribution >= 0.6 is 0 Å². The average molecular weight is 256 g/mol. The SMILES string of the molecule is COCC(O)CCNC(=O)c1cc(N)cc(F)c1. The van der Waals surface area contributed by atoms with Crippen LogP contribution in [0, 0.1) is 5.82 Å². The summed E-state index contributed by atoms with van der Waals surface area (Å²) in [5.74, 6) is -0.981. The molecule has 1 atom stereocenters. The van der Waals surface area contributed by atoms with Gasteiger partial charge in [0.15, 0.2) is 0 Å². The first-order valence-electron chi connectivity index (χ1n) is 5.54. The number of aliphatic hydroxyl groups excluding tert-OH is 1. The highest BCUT2D eigenvalue weighted by atomic mass is 19.1. The molecule has 1 aromatic rings. The molecule has 0 heterocycles. The molecule has 0 aromatic heterocycles. The number of hydrogen-bond donors (Lipinski definition) is 3. The molecule has 4 N–H and O–H groups in total. The lowest BCUT2D eigenvalue weighted by molar-refractivity contribution is 0.0587. The maximum atomic E-state index is 13.0. The summed E-state index contributed by atoms with van der Waals surface area (Å²) >= 11 is 0. The summed E-state index contributed by atoms with van der Waals surface area (Å²) in [6.07, 6.45) is -0.266. The Bertz CT molecular complexity index is 392. The highest BCUT2D eigenvalue weighted by Gasteiger charge is 2.09. The minimum atomic E-state index is -0.632. The summed E-state index contributed by atoms with van der Waals surface area (Å²) < 4.78 is 17.8. The number of carbonyl (C=O) groups is 1. The molecule has 0 radical (unpaired) electrons. The van der Waals surface area contributed by atoms with Gasteiger partial charge >= 0.3 is 0 Å². The fraction of sp³-hybridized carbons (Fsp3) is 0.417. The number of benzene rings is 1. The minimum absolute atomic E-state index is 0.161. The number of nitrogen functional groups attached to an aromatic ring is 1. The van der Waals surface area contributed by atoms with Crippen molar-refractivity contribution in [3.05, 3.63) is 29.6 Å². The number of amides is 1. The van der Waals surface area contributed by atoms with E-state index >= 15 is 0 Å². The van der Waals surface area contributed by atoms with Crippen LogP contribution in [0.5, 0.6) is 0 Å². The number of anilines is 1. The number of ether oxygens (including phenoxy) is 1. The minimum Gasteiger partial charge on any atom is -0.399 e. The zero-order valence-electron chi connectivity index (χ0n) is 10.1. The molecule has 0 aliphatic carbocycles. The van der Waals surface area contributed by atoms with E-state index in [9.17, 15) is 14.3 Å². The van der Waals surface area contributed by atoms with Gasteiger partial charge in [0.05, 0.1) is 12.7 Å². The predicted molar refractivity (Wildman–Crippen MR) is 65.6 cm³/mol. The molecule has 5 nitrogen and oxygen atoms in total. The predicted octanol–water partition coefficient (Wildman–Crippen LogP) is 0.535. The Hall–Kier alpha value is -1.66. The van der Waals surface area contributed by atoms with Gasteiger partial charge in [-0.25, -0.2) is 4.39 Å². The van der Waals surface area contributed by atoms with Crippen LogP contribution < -0.4 is 11.1 Å².